The van der Waals surface area contributed by atoms with Crippen molar-refractivity contribution in [3.63, 3.8) is 0 Å². The van der Waals surface area contributed by atoms with E-state index in [0.717, 1.165) is 54.3 Å². The summed E-state index contributed by atoms with van der Waals surface area (Å²) in [6.45, 7) is 1.29. The lowest BCUT2D eigenvalue weighted by Gasteiger charge is -2.30. The number of carbonyl (C=O) groups is 3. The molecule has 0 bridgehead atoms. The lowest BCUT2D eigenvalue weighted by Crippen LogP contribution is -2.38. The number of amides is 3. The van der Waals surface area contributed by atoms with Crippen molar-refractivity contribution in [2.75, 3.05) is 24.3 Å². The van der Waals surface area contributed by atoms with E-state index in [1.807, 2.05) is 42.5 Å². The Kier molecular flexibility index (Phi) is 5.55. The van der Waals surface area contributed by atoms with E-state index >= 15 is 0 Å². The van der Waals surface area contributed by atoms with Gasteiger partial charge in [-0.15, -0.1) is 0 Å². The maximum Gasteiger partial charge on any atom is 0.289 e. The first kappa shape index (κ1) is 20.9. The number of anilines is 1. The number of benzene rings is 2. The number of ether oxygens (including phenoxy) is 2. The fourth-order valence-electron chi connectivity index (χ4n) is 4.63. The van der Waals surface area contributed by atoms with E-state index in [2.05, 4.69) is 5.32 Å². The van der Waals surface area contributed by atoms with Crippen LogP contribution in [0.5, 0.6) is 11.5 Å². The molecule has 0 unspecified atom stereocenters. The minimum Gasteiger partial charge on any atom is -0.486 e. The highest BCUT2D eigenvalue weighted by Gasteiger charge is 2.43. The van der Waals surface area contributed by atoms with Crippen LogP contribution >= 0.6 is 11.8 Å². The SMILES string of the molecule is O=C1CSC(=O)N1Cc1ccc(NC(=O)C2(c3ccc4c(c3)OCCO4)CCCC2)cc1. The monoisotopic (exact) mass is 452 g/mol. The molecule has 2 aliphatic heterocycles. The molecular formula is C24H24N2O5S. The summed E-state index contributed by atoms with van der Waals surface area (Å²) in [5.74, 6) is 1.43. The molecule has 0 radical (unpaired) electrons. The smallest absolute Gasteiger partial charge is 0.289 e. The summed E-state index contributed by atoms with van der Waals surface area (Å²) < 4.78 is 11.4. The first-order valence-corrected chi connectivity index (χ1v) is 11.8. The second-order valence-electron chi connectivity index (χ2n) is 8.33. The molecule has 166 valence electrons. The van der Waals surface area contributed by atoms with Gasteiger partial charge in [0.1, 0.15) is 13.2 Å². The average molecular weight is 453 g/mol. The van der Waals surface area contributed by atoms with Crippen LogP contribution in [0.15, 0.2) is 42.5 Å². The van der Waals surface area contributed by atoms with E-state index in [9.17, 15) is 14.4 Å². The largest absolute Gasteiger partial charge is 0.486 e. The van der Waals surface area contributed by atoms with E-state index in [0.29, 0.717) is 24.7 Å². The van der Waals surface area contributed by atoms with Crippen molar-refractivity contribution < 1.29 is 23.9 Å². The van der Waals surface area contributed by atoms with Gasteiger partial charge in [-0.2, -0.15) is 0 Å². The molecule has 0 aromatic heterocycles. The number of hydrogen-bond acceptors (Lipinski definition) is 6. The zero-order valence-corrected chi connectivity index (χ0v) is 18.4. The molecule has 8 heteroatoms. The van der Waals surface area contributed by atoms with Crippen molar-refractivity contribution in [3.8, 4) is 11.5 Å². The van der Waals surface area contributed by atoms with Crippen LogP contribution in [0.3, 0.4) is 0 Å². The molecule has 1 saturated carbocycles. The third-order valence-corrected chi connectivity index (χ3v) is 7.24. The Balaban J connectivity index is 1.32. The lowest BCUT2D eigenvalue weighted by atomic mass is 9.77. The minimum atomic E-state index is -0.597. The Morgan fingerprint density at radius 1 is 1.00 bits per heavy atom. The quantitative estimate of drug-likeness (QED) is 0.735. The summed E-state index contributed by atoms with van der Waals surface area (Å²) in [7, 11) is 0. The molecule has 1 aliphatic carbocycles. The molecule has 7 nitrogen and oxygen atoms in total. The molecule has 0 atom stereocenters. The number of imide groups is 1. The molecule has 2 aromatic rings. The molecule has 2 aromatic carbocycles. The van der Waals surface area contributed by atoms with Gasteiger partial charge in [-0.25, -0.2) is 0 Å². The molecule has 0 spiro atoms. The van der Waals surface area contributed by atoms with Gasteiger partial charge >= 0.3 is 0 Å². The molecule has 5 rings (SSSR count). The number of nitrogens with one attached hydrogen (secondary N) is 1. The van der Waals surface area contributed by atoms with Crippen molar-refractivity contribution in [1.29, 1.82) is 0 Å². The predicted octanol–water partition coefficient (Wildman–Crippen LogP) is 4.10. The van der Waals surface area contributed by atoms with Gasteiger partial charge in [-0.3, -0.25) is 19.3 Å². The predicted molar refractivity (Wildman–Crippen MR) is 121 cm³/mol. The van der Waals surface area contributed by atoms with Crippen LogP contribution in [0.25, 0.3) is 0 Å². The normalized spacial score (nSPS) is 19.3. The fraction of sp³-hybridized carbons (Fsp3) is 0.375. The molecule has 2 fully saturated rings. The van der Waals surface area contributed by atoms with Crippen LogP contribution in [0.2, 0.25) is 0 Å². The Hall–Kier alpha value is -3.00. The number of rotatable bonds is 5. The van der Waals surface area contributed by atoms with Gasteiger partial charge in [0.25, 0.3) is 5.24 Å². The second kappa shape index (κ2) is 8.50. The topological polar surface area (TPSA) is 84.9 Å². The van der Waals surface area contributed by atoms with Crippen molar-refractivity contribution in [3.05, 3.63) is 53.6 Å². The molecule has 1 N–H and O–H groups in total. The molecule has 32 heavy (non-hydrogen) atoms. The Morgan fingerprint density at radius 3 is 2.41 bits per heavy atom. The maximum absolute atomic E-state index is 13.5. The van der Waals surface area contributed by atoms with Gasteiger partial charge in [0.2, 0.25) is 11.8 Å². The highest BCUT2D eigenvalue weighted by Crippen LogP contribution is 2.45. The van der Waals surface area contributed by atoms with E-state index in [-0.39, 0.29) is 29.4 Å². The Bertz CT molecular complexity index is 1050. The van der Waals surface area contributed by atoms with Crippen LogP contribution < -0.4 is 14.8 Å². The molecule has 1 saturated heterocycles. The van der Waals surface area contributed by atoms with Crippen molar-refractivity contribution in [2.24, 2.45) is 0 Å². The first-order valence-electron chi connectivity index (χ1n) is 10.8. The van der Waals surface area contributed by atoms with Crippen molar-refractivity contribution in [1.82, 2.24) is 4.90 Å². The second-order valence-corrected chi connectivity index (χ2v) is 9.26. The third kappa shape index (κ3) is 3.83. The van der Waals surface area contributed by atoms with E-state index < -0.39 is 5.41 Å². The summed E-state index contributed by atoms with van der Waals surface area (Å²) in [6, 6.07) is 13.1. The van der Waals surface area contributed by atoms with Crippen LogP contribution in [0, 0.1) is 0 Å². The zero-order chi connectivity index (χ0) is 22.1. The lowest BCUT2D eigenvalue weighted by molar-refractivity contribution is -0.125. The number of fused-ring (bicyclic) bond motifs is 1. The third-order valence-electron chi connectivity index (χ3n) is 6.38. The maximum atomic E-state index is 13.5. The number of nitrogens with zero attached hydrogens (tertiary/aromatic N) is 1. The van der Waals surface area contributed by atoms with Gasteiger partial charge in [-0.1, -0.05) is 42.8 Å². The van der Waals surface area contributed by atoms with Gasteiger partial charge in [-0.05, 0) is 48.2 Å². The standard InChI is InChI=1S/C24H24N2O5S/c27-21-15-32-23(29)26(21)14-16-3-6-18(7-4-16)25-22(28)24(9-1-2-10-24)17-5-8-19-20(13-17)31-12-11-30-19/h3-8,13H,1-2,9-12,14-15H2,(H,25,28). The number of thioether (sulfide) groups is 1. The summed E-state index contributed by atoms with van der Waals surface area (Å²) in [6.07, 6.45) is 3.56. The highest BCUT2D eigenvalue weighted by molar-refractivity contribution is 8.14. The number of carbonyl (C=O) groups excluding carboxylic acids is 3. The van der Waals surface area contributed by atoms with Crippen LogP contribution in [0.4, 0.5) is 10.5 Å². The van der Waals surface area contributed by atoms with Gasteiger partial charge < -0.3 is 14.8 Å². The van der Waals surface area contributed by atoms with E-state index in [4.69, 9.17) is 9.47 Å². The van der Waals surface area contributed by atoms with Crippen molar-refractivity contribution >= 4 is 34.5 Å². The van der Waals surface area contributed by atoms with Crippen LogP contribution in [-0.4, -0.2) is 40.9 Å². The average Bonchev–Trinajstić information content (AvgIpc) is 3.44. The van der Waals surface area contributed by atoms with E-state index in [1.165, 1.54) is 4.90 Å². The Labute approximate surface area is 190 Å². The van der Waals surface area contributed by atoms with Crippen LogP contribution in [0.1, 0.15) is 36.8 Å². The van der Waals surface area contributed by atoms with Crippen LogP contribution in [-0.2, 0) is 21.5 Å². The molecular weight excluding hydrogens is 428 g/mol. The van der Waals surface area contributed by atoms with E-state index in [1.54, 1.807) is 0 Å². The molecule has 3 aliphatic rings. The summed E-state index contributed by atoms with van der Waals surface area (Å²) >= 11 is 1.03. The molecule has 3 amide bonds. The fourth-order valence-corrected chi connectivity index (χ4v) is 5.35. The van der Waals surface area contributed by atoms with Gasteiger partial charge in [0.05, 0.1) is 17.7 Å². The Morgan fingerprint density at radius 2 is 1.72 bits per heavy atom. The molecule has 2 heterocycles. The highest BCUT2D eigenvalue weighted by atomic mass is 32.2. The summed E-state index contributed by atoms with van der Waals surface area (Å²) in [4.78, 5) is 38.4. The minimum absolute atomic E-state index is 0.0271. The van der Waals surface area contributed by atoms with Crippen molar-refractivity contribution in [2.45, 2.75) is 37.6 Å². The summed E-state index contributed by atoms with van der Waals surface area (Å²) in [5.41, 5.74) is 1.89. The summed E-state index contributed by atoms with van der Waals surface area (Å²) in [5, 5.41) is 2.87. The van der Waals surface area contributed by atoms with Gasteiger partial charge in [0, 0.05) is 5.69 Å². The number of hydrogen-bond donors (Lipinski definition) is 1. The van der Waals surface area contributed by atoms with Gasteiger partial charge in [0.15, 0.2) is 11.5 Å². The first-order chi connectivity index (χ1) is 15.5. The zero-order valence-electron chi connectivity index (χ0n) is 17.6.